The van der Waals surface area contributed by atoms with Crippen LogP contribution in [-0.2, 0) is 12.8 Å². The van der Waals surface area contributed by atoms with Gasteiger partial charge in [0.2, 0.25) is 0 Å². The van der Waals surface area contributed by atoms with Crippen LogP contribution in [0.3, 0.4) is 0 Å². The van der Waals surface area contributed by atoms with Crippen LogP contribution in [0.1, 0.15) is 40.5 Å². The first kappa shape index (κ1) is 13.9. The molecule has 0 aromatic heterocycles. The average molecular weight is 309 g/mol. The fourth-order valence-corrected chi connectivity index (χ4v) is 3.52. The van der Waals surface area contributed by atoms with Gasteiger partial charge in [-0.3, -0.25) is 0 Å². The third-order valence-electron chi connectivity index (χ3n) is 3.92. The molecule has 0 spiro atoms. The van der Waals surface area contributed by atoms with Crippen LogP contribution in [0.5, 0.6) is 0 Å². The Bertz CT molecular complexity index is 617. The highest BCUT2D eigenvalue weighted by Gasteiger charge is 2.20. The maximum absolute atomic E-state index is 14.0. The van der Waals surface area contributed by atoms with Crippen LogP contribution < -0.4 is 0 Å². The van der Waals surface area contributed by atoms with Gasteiger partial charge in [-0.15, -0.1) is 11.6 Å². The normalized spacial score (nSPS) is 15.8. The Morgan fingerprint density at radius 2 is 1.75 bits per heavy atom. The highest BCUT2D eigenvalue weighted by molar-refractivity contribution is 6.33. The van der Waals surface area contributed by atoms with Crippen LogP contribution in [0.15, 0.2) is 36.4 Å². The largest absolute Gasteiger partial charge is 0.207 e. The van der Waals surface area contributed by atoms with Crippen molar-refractivity contribution in [3.05, 3.63) is 69.5 Å². The molecule has 0 heterocycles. The fraction of sp³-hybridized carbons (Fsp3) is 0.294. The van der Waals surface area contributed by atoms with Crippen molar-refractivity contribution in [3.63, 3.8) is 0 Å². The van der Waals surface area contributed by atoms with E-state index >= 15 is 0 Å². The summed E-state index contributed by atoms with van der Waals surface area (Å²) in [5, 5.41) is -0.168. The fourth-order valence-electron chi connectivity index (χ4n) is 2.83. The van der Waals surface area contributed by atoms with E-state index in [1.54, 1.807) is 12.1 Å². The molecule has 0 aliphatic heterocycles. The van der Waals surface area contributed by atoms with E-state index in [1.165, 1.54) is 30.0 Å². The molecule has 104 valence electrons. The predicted octanol–water partition coefficient (Wildman–Crippen LogP) is 5.69. The molecule has 1 unspecified atom stereocenters. The molecule has 0 bridgehead atoms. The minimum Gasteiger partial charge on any atom is -0.207 e. The standard InChI is InChI=1S/C17H15Cl2F/c18-14-6-3-7-15(20)16(14)17(19)13-9-8-11-4-1-2-5-12(11)10-13/h3,6-10,17H,1-2,4-5H2. The van der Waals surface area contributed by atoms with E-state index < -0.39 is 5.38 Å². The van der Waals surface area contributed by atoms with Gasteiger partial charge in [0.25, 0.3) is 0 Å². The monoisotopic (exact) mass is 308 g/mol. The van der Waals surface area contributed by atoms with Gasteiger partial charge in [-0.05, 0) is 54.5 Å². The molecule has 20 heavy (non-hydrogen) atoms. The van der Waals surface area contributed by atoms with Gasteiger partial charge in [0, 0.05) is 10.6 Å². The van der Waals surface area contributed by atoms with E-state index in [0.717, 1.165) is 18.4 Å². The van der Waals surface area contributed by atoms with E-state index in [4.69, 9.17) is 23.2 Å². The Balaban J connectivity index is 2.00. The lowest BCUT2D eigenvalue weighted by molar-refractivity contribution is 0.612. The number of benzene rings is 2. The van der Waals surface area contributed by atoms with Gasteiger partial charge in [-0.1, -0.05) is 35.9 Å². The SMILES string of the molecule is Fc1cccc(Cl)c1C(Cl)c1ccc2c(c1)CCCC2. The Labute approximate surface area is 128 Å². The first-order valence-corrected chi connectivity index (χ1v) is 7.68. The van der Waals surface area contributed by atoms with Crippen LogP contribution in [0.4, 0.5) is 4.39 Å². The van der Waals surface area contributed by atoms with Gasteiger partial charge in [-0.2, -0.15) is 0 Å². The van der Waals surface area contributed by atoms with E-state index in [0.29, 0.717) is 10.6 Å². The van der Waals surface area contributed by atoms with Gasteiger partial charge in [0.15, 0.2) is 0 Å². The number of fused-ring (bicyclic) bond motifs is 1. The molecule has 0 amide bonds. The molecule has 0 N–H and O–H groups in total. The maximum atomic E-state index is 14.0. The molecule has 2 aromatic rings. The predicted molar refractivity (Wildman–Crippen MR) is 82.2 cm³/mol. The molecule has 0 saturated heterocycles. The second kappa shape index (κ2) is 5.75. The summed E-state index contributed by atoms with van der Waals surface area (Å²) in [6, 6.07) is 10.9. The molecule has 1 atom stereocenters. The lowest BCUT2D eigenvalue weighted by Gasteiger charge is -2.19. The molecule has 3 heteroatoms. The molecule has 1 aliphatic carbocycles. The van der Waals surface area contributed by atoms with Crippen LogP contribution in [-0.4, -0.2) is 0 Å². The van der Waals surface area contributed by atoms with Crippen molar-refractivity contribution in [3.8, 4) is 0 Å². The Kier molecular flexibility index (Phi) is 4.00. The quantitative estimate of drug-likeness (QED) is 0.625. The average Bonchev–Trinajstić information content (AvgIpc) is 2.46. The maximum Gasteiger partial charge on any atom is 0.129 e. The van der Waals surface area contributed by atoms with Crippen molar-refractivity contribution >= 4 is 23.2 Å². The zero-order valence-corrected chi connectivity index (χ0v) is 12.5. The molecule has 1 aliphatic rings. The van der Waals surface area contributed by atoms with Crippen molar-refractivity contribution in [2.45, 2.75) is 31.1 Å². The lowest BCUT2D eigenvalue weighted by atomic mass is 9.89. The summed E-state index contributed by atoms with van der Waals surface area (Å²) in [4.78, 5) is 0. The number of hydrogen-bond donors (Lipinski definition) is 0. The summed E-state index contributed by atoms with van der Waals surface area (Å²) in [6.45, 7) is 0. The molecule has 0 fully saturated rings. The van der Waals surface area contributed by atoms with Gasteiger partial charge < -0.3 is 0 Å². The summed E-state index contributed by atoms with van der Waals surface area (Å²) in [7, 11) is 0. The van der Waals surface area contributed by atoms with E-state index in [-0.39, 0.29) is 5.82 Å². The topological polar surface area (TPSA) is 0 Å². The van der Waals surface area contributed by atoms with Crippen LogP contribution >= 0.6 is 23.2 Å². The second-order valence-electron chi connectivity index (χ2n) is 5.23. The van der Waals surface area contributed by atoms with Gasteiger partial charge in [0.05, 0.1) is 5.38 Å². The molecule has 0 saturated carbocycles. The smallest absolute Gasteiger partial charge is 0.129 e. The molecular weight excluding hydrogens is 294 g/mol. The van der Waals surface area contributed by atoms with Gasteiger partial charge in [-0.25, -0.2) is 4.39 Å². The van der Waals surface area contributed by atoms with E-state index in [9.17, 15) is 4.39 Å². The second-order valence-corrected chi connectivity index (χ2v) is 6.08. The summed E-state index contributed by atoms with van der Waals surface area (Å²) < 4.78 is 14.0. The van der Waals surface area contributed by atoms with Crippen molar-refractivity contribution < 1.29 is 4.39 Å². The molecule has 2 aromatic carbocycles. The summed E-state index contributed by atoms with van der Waals surface area (Å²) in [6.07, 6.45) is 4.67. The zero-order chi connectivity index (χ0) is 14.1. The van der Waals surface area contributed by atoms with Crippen LogP contribution in [0.25, 0.3) is 0 Å². The summed E-state index contributed by atoms with van der Waals surface area (Å²) in [5.74, 6) is -0.352. The molecular formula is C17H15Cl2F. The Morgan fingerprint density at radius 3 is 2.50 bits per heavy atom. The van der Waals surface area contributed by atoms with E-state index in [2.05, 4.69) is 12.1 Å². The number of alkyl halides is 1. The zero-order valence-electron chi connectivity index (χ0n) is 11.0. The Morgan fingerprint density at radius 1 is 1.00 bits per heavy atom. The van der Waals surface area contributed by atoms with Crippen molar-refractivity contribution in [2.75, 3.05) is 0 Å². The first-order valence-electron chi connectivity index (χ1n) is 6.86. The van der Waals surface area contributed by atoms with Crippen molar-refractivity contribution in [1.82, 2.24) is 0 Å². The number of halogens is 3. The molecule has 3 rings (SSSR count). The van der Waals surface area contributed by atoms with Crippen molar-refractivity contribution in [2.24, 2.45) is 0 Å². The van der Waals surface area contributed by atoms with E-state index in [1.807, 2.05) is 6.07 Å². The Hall–Kier alpha value is -1.05. The minimum atomic E-state index is -0.545. The number of aryl methyl sites for hydroxylation is 2. The van der Waals surface area contributed by atoms with Gasteiger partial charge in [0.1, 0.15) is 5.82 Å². The van der Waals surface area contributed by atoms with Crippen LogP contribution in [0, 0.1) is 5.82 Å². The first-order chi connectivity index (χ1) is 9.66. The number of hydrogen-bond acceptors (Lipinski definition) is 0. The van der Waals surface area contributed by atoms with Crippen molar-refractivity contribution in [1.29, 1.82) is 0 Å². The third-order valence-corrected chi connectivity index (χ3v) is 4.72. The lowest BCUT2D eigenvalue weighted by Crippen LogP contribution is -2.05. The van der Waals surface area contributed by atoms with Gasteiger partial charge >= 0.3 is 0 Å². The molecule has 0 nitrogen and oxygen atoms in total. The summed E-state index contributed by atoms with van der Waals surface area (Å²) >= 11 is 12.6. The van der Waals surface area contributed by atoms with Crippen LogP contribution in [0.2, 0.25) is 5.02 Å². The molecule has 0 radical (unpaired) electrons. The number of rotatable bonds is 2. The third kappa shape index (κ3) is 2.57. The highest BCUT2D eigenvalue weighted by atomic mass is 35.5. The highest BCUT2D eigenvalue weighted by Crippen LogP contribution is 2.36. The summed E-state index contributed by atoms with van der Waals surface area (Å²) in [5.41, 5.74) is 4.02. The minimum absolute atomic E-state index is 0.352.